The first-order valence-electron chi connectivity index (χ1n) is 15.8. The second kappa shape index (κ2) is 17.1. The van der Waals surface area contributed by atoms with Crippen LogP contribution in [0.25, 0.3) is 10.4 Å². The predicted molar refractivity (Wildman–Crippen MR) is 182 cm³/mol. The van der Waals surface area contributed by atoms with Gasteiger partial charge in [0.1, 0.15) is 11.6 Å². The number of aliphatic hydroxyl groups excluding tert-OH is 1. The molecule has 0 radical (unpaired) electrons. The molecular formula is C37H41F2N3O4S. The maximum Gasteiger partial charge on any atom is 0.253 e. The van der Waals surface area contributed by atoms with Gasteiger partial charge in [-0.3, -0.25) is 14.4 Å². The Morgan fingerprint density at radius 3 is 2.28 bits per heavy atom. The Hall–Kier alpha value is -4.25. The summed E-state index contributed by atoms with van der Waals surface area (Å²) in [6, 6.07) is 18.6. The first-order chi connectivity index (χ1) is 22.6. The molecule has 4 rings (SSSR count). The van der Waals surface area contributed by atoms with Gasteiger partial charge in [0.05, 0.1) is 17.0 Å². The number of amides is 2. The normalized spacial score (nSPS) is 12.4. The van der Waals surface area contributed by atoms with Gasteiger partial charge < -0.3 is 20.6 Å². The van der Waals surface area contributed by atoms with E-state index in [1.807, 2.05) is 44.2 Å². The fourth-order valence-electron chi connectivity index (χ4n) is 5.51. The van der Waals surface area contributed by atoms with Gasteiger partial charge in [0.2, 0.25) is 0 Å². The predicted octanol–water partition coefficient (Wildman–Crippen LogP) is 6.57. The van der Waals surface area contributed by atoms with E-state index >= 15 is 0 Å². The number of nitrogens with zero attached hydrogens (tertiary/aromatic N) is 1. The zero-order chi connectivity index (χ0) is 33.9. The number of rotatable bonds is 16. The smallest absolute Gasteiger partial charge is 0.253 e. The van der Waals surface area contributed by atoms with Gasteiger partial charge in [-0.15, -0.1) is 11.3 Å². The number of carbonyl (C=O) groups excluding carboxylic acids is 3. The summed E-state index contributed by atoms with van der Waals surface area (Å²) in [7, 11) is 0. The third-order valence-corrected chi connectivity index (χ3v) is 8.72. The lowest BCUT2D eigenvalue weighted by Crippen LogP contribution is -2.48. The molecule has 7 nitrogen and oxygen atoms in total. The van der Waals surface area contributed by atoms with E-state index in [0.717, 1.165) is 46.8 Å². The van der Waals surface area contributed by atoms with E-state index in [0.29, 0.717) is 30.1 Å². The first kappa shape index (κ1) is 35.6. The largest absolute Gasteiger partial charge is 0.390 e. The van der Waals surface area contributed by atoms with E-state index in [-0.39, 0.29) is 30.0 Å². The molecule has 47 heavy (non-hydrogen) atoms. The average molecular weight is 662 g/mol. The van der Waals surface area contributed by atoms with Crippen molar-refractivity contribution in [2.24, 2.45) is 0 Å². The summed E-state index contributed by atoms with van der Waals surface area (Å²) in [6.07, 6.45) is 1.27. The van der Waals surface area contributed by atoms with Crippen LogP contribution < -0.4 is 10.6 Å². The lowest BCUT2D eigenvalue weighted by molar-refractivity contribution is 0.0755. The van der Waals surface area contributed by atoms with Gasteiger partial charge in [-0.05, 0) is 97.0 Å². The molecule has 0 aliphatic rings. The SMILES string of the molecule is CCCN(CCC)C(=O)c1cc(C)cc(C(=O)N[C@@H](Cc2cc(F)cc(F)c2)[C@H](O)CNCc2cccc(-c3ccc(C=O)s3)c2)c1. The van der Waals surface area contributed by atoms with E-state index in [2.05, 4.69) is 10.6 Å². The number of hydrogen-bond acceptors (Lipinski definition) is 6. The van der Waals surface area contributed by atoms with Crippen molar-refractivity contribution in [1.29, 1.82) is 0 Å². The summed E-state index contributed by atoms with van der Waals surface area (Å²) < 4.78 is 28.1. The van der Waals surface area contributed by atoms with Crippen molar-refractivity contribution in [1.82, 2.24) is 15.5 Å². The number of thiophene rings is 1. The first-order valence-corrected chi connectivity index (χ1v) is 16.6. The number of nitrogens with one attached hydrogen (secondary N) is 2. The molecular weight excluding hydrogens is 620 g/mol. The van der Waals surface area contributed by atoms with Gasteiger partial charge in [-0.2, -0.15) is 0 Å². The van der Waals surface area contributed by atoms with E-state index in [4.69, 9.17) is 0 Å². The highest BCUT2D eigenvalue weighted by molar-refractivity contribution is 7.17. The van der Waals surface area contributed by atoms with Gasteiger partial charge in [0, 0.05) is 48.2 Å². The van der Waals surface area contributed by atoms with Crippen LogP contribution in [0.3, 0.4) is 0 Å². The Morgan fingerprint density at radius 1 is 0.915 bits per heavy atom. The van der Waals surface area contributed by atoms with Crippen LogP contribution in [0.1, 0.15) is 73.8 Å². The number of halogens is 2. The Labute approximate surface area is 278 Å². The summed E-state index contributed by atoms with van der Waals surface area (Å²) in [6.45, 7) is 7.49. The number of hydrogen-bond donors (Lipinski definition) is 3. The lowest BCUT2D eigenvalue weighted by atomic mass is 9.99. The molecule has 3 N–H and O–H groups in total. The molecule has 248 valence electrons. The molecule has 0 bridgehead atoms. The summed E-state index contributed by atoms with van der Waals surface area (Å²) in [5.41, 5.74) is 3.56. The molecule has 0 saturated heterocycles. The van der Waals surface area contributed by atoms with Crippen molar-refractivity contribution >= 4 is 29.4 Å². The van der Waals surface area contributed by atoms with Crippen LogP contribution in [0.2, 0.25) is 0 Å². The minimum Gasteiger partial charge on any atom is -0.390 e. The quantitative estimate of drug-likeness (QED) is 0.118. The second-order valence-corrected chi connectivity index (χ2v) is 12.8. The molecule has 0 aliphatic heterocycles. The molecule has 1 heterocycles. The Balaban J connectivity index is 1.50. The molecule has 0 aliphatic carbocycles. The summed E-state index contributed by atoms with van der Waals surface area (Å²) in [5, 5.41) is 17.3. The zero-order valence-corrected chi connectivity index (χ0v) is 27.7. The maximum atomic E-state index is 14.1. The topological polar surface area (TPSA) is 98.7 Å². The molecule has 0 spiro atoms. The molecule has 10 heteroatoms. The Bertz CT molecular complexity index is 1670. The van der Waals surface area contributed by atoms with Crippen LogP contribution in [0, 0.1) is 18.6 Å². The molecule has 1 aromatic heterocycles. The standard InChI is InChI=1S/C37H41F2N3O4S/c1-4-11-42(12-5-2)37(46)29-14-24(3)13-28(19-29)36(45)41-33(18-26-16-30(38)20-31(39)17-26)34(44)22-40-21-25-7-6-8-27(15-25)35-10-9-32(23-43)47-35/h6-10,13-17,19-20,23,33-34,40,44H,4-5,11-12,18,21-22H2,1-3H3,(H,41,45)/t33-,34+/m0/s1. The van der Waals surface area contributed by atoms with Crippen molar-refractivity contribution < 1.29 is 28.3 Å². The van der Waals surface area contributed by atoms with E-state index in [1.165, 1.54) is 23.5 Å². The van der Waals surface area contributed by atoms with Crippen molar-refractivity contribution in [3.05, 3.63) is 117 Å². The highest BCUT2D eigenvalue weighted by Gasteiger charge is 2.24. The molecule has 3 aromatic carbocycles. The van der Waals surface area contributed by atoms with Gasteiger partial charge in [-0.25, -0.2) is 8.78 Å². The van der Waals surface area contributed by atoms with Crippen LogP contribution >= 0.6 is 11.3 Å². The third kappa shape index (κ3) is 10.1. The van der Waals surface area contributed by atoms with E-state index in [9.17, 15) is 28.3 Å². The monoisotopic (exact) mass is 661 g/mol. The maximum absolute atomic E-state index is 14.1. The number of benzene rings is 3. The summed E-state index contributed by atoms with van der Waals surface area (Å²) in [4.78, 5) is 41.4. The van der Waals surface area contributed by atoms with Crippen LogP contribution in [-0.2, 0) is 13.0 Å². The minimum atomic E-state index is -1.13. The van der Waals surface area contributed by atoms with Gasteiger partial charge in [-0.1, -0.05) is 32.0 Å². The minimum absolute atomic E-state index is 0.0332. The Kier molecular flexibility index (Phi) is 12.9. The van der Waals surface area contributed by atoms with Crippen LogP contribution in [0.5, 0.6) is 0 Å². The van der Waals surface area contributed by atoms with Crippen LogP contribution in [-0.4, -0.2) is 59.9 Å². The van der Waals surface area contributed by atoms with Crippen molar-refractivity contribution in [2.75, 3.05) is 19.6 Å². The highest BCUT2D eigenvalue weighted by atomic mass is 32.1. The van der Waals surface area contributed by atoms with Gasteiger partial charge in [0.15, 0.2) is 6.29 Å². The van der Waals surface area contributed by atoms with Crippen molar-refractivity contribution in [3.63, 3.8) is 0 Å². The number of carbonyl (C=O) groups is 3. The fourth-order valence-corrected chi connectivity index (χ4v) is 6.32. The van der Waals surface area contributed by atoms with Crippen LogP contribution in [0.4, 0.5) is 8.78 Å². The third-order valence-electron chi connectivity index (χ3n) is 7.66. The van der Waals surface area contributed by atoms with E-state index < -0.39 is 29.7 Å². The van der Waals surface area contributed by atoms with E-state index in [1.54, 1.807) is 36.1 Å². The number of aldehydes is 1. The van der Waals surface area contributed by atoms with Crippen molar-refractivity contribution in [2.45, 2.75) is 58.7 Å². The molecule has 2 amide bonds. The second-order valence-electron chi connectivity index (χ2n) is 11.7. The van der Waals surface area contributed by atoms with Crippen molar-refractivity contribution in [3.8, 4) is 10.4 Å². The highest BCUT2D eigenvalue weighted by Crippen LogP contribution is 2.28. The lowest BCUT2D eigenvalue weighted by Gasteiger charge is -2.25. The van der Waals surface area contributed by atoms with Gasteiger partial charge in [0.25, 0.3) is 11.8 Å². The number of aryl methyl sites for hydroxylation is 1. The molecule has 4 aromatic rings. The number of aliphatic hydroxyl groups is 1. The molecule has 0 fully saturated rings. The van der Waals surface area contributed by atoms with Gasteiger partial charge >= 0.3 is 0 Å². The summed E-state index contributed by atoms with van der Waals surface area (Å²) >= 11 is 1.40. The summed E-state index contributed by atoms with van der Waals surface area (Å²) in [5.74, 6) is -2.18. The zero-order valence-electron chi connectivity index (χ0n) is 26.9. The molecule has 0 saturated carbocycles. The molecule has 0 unspecified atom stereocenters. The average Bonchev–Trinajstić information content (AvgIpc) is 3.53. The Morgan fingerprint density at radius 2 is 1.62 bits per heavy atom. The van der Waals surface area contributed by atoms with Crippen LogP contribution in [0.15, 0.2) is 72.8 Å². The molecule has 2 atom stereocenters. The fraction of sp³-hybridized carbons (Fsp3) is 0.324.